The first-order valence-electron chi connectivity index (χ1n) is 6.13. The highest BCUT2D eigenvalue weighted by molar-refractivity contribution is 5.79. The number of hydrogen-bond donors (Lipinski definition) is 1. The number of para-hydroxylation sites is 1. The highest BCUT2D eigenvalue weighted by atomic mass is 16.4. The summed E-state index contributed by atoms with van der Waals surface area (Å²) in [6.07, 6.45) is -0.778. The number of likely N-dealkylation sites (tertiary alicyclic amines) is 1. The first-order valence-corrected chi connectivity index (χ1v) is 6.13. The van der Waals surface area contributed by atoms with Crippen molar-refractivity contribution in [2.75, 3.05) is 11.9 Å². The molecule has 0 aliphatic carbocycles. The Morgan fingerprint density at radius 3 is 2.68 bits per heavy atom. The van der Waals surface area contributed by atoms with Gasteiger partial charge in [0, 0.05) is 18.2 Å². The van der Waals surface area contributed by atoms with Crippen LogP contribution in [-0.4, -0.2) is 29.5 Å². The van der Waals surface area contributed by atoms with Crippen molar-refractivity contribution in [1.29, 1.82) is 0 Å². The summed E-state index contributed by atoms with van der Waals surface area (Å²) < 4.78 is 0. The van der Waals surface area contributed by atoms with E-state index in [0.717, 1.165) is 5.56 Å². The molecule has 1 fully saturated rings. The number of amides is 1. The van der Waals surface area contributed by atoms with Gasteiger partial charge in [-0.15, -0.1) is 0 Å². The van der Waals surface area contributed by atoms with Gasteiger partial charge in [-0.2, -0.15) is 0 Å². The highest BCUT2D eigenvalue weighted by Gasteiger charge is 2.44. The van der Waals surface area contributed by atoms with E-state index in [1.54, 1.807) is 12.1 Å². The zero-order valence-electron chi connectivity index (χ0n) is 10.0. The molecule has 1 amide bonds. The summed E-state index contributed by atoms with van der Waals surface area (Å²) in [6.45, 7) is 0.289. The van der Waals surface area contributed by atoms with Crippen molar-refractivity contribution in [2.24, 2.45) is 5.92 Å². The monoisotopic (exact) mass is 260 g/mol. The predicted octanol–water partition coefficient (Wildman–Crippen LogP) is -1.06. The van der Waals surface area contributed by atoms with Crippen LogP contribution < -0.4 is 15.5 Å². The van der Waals surface area contributed by atoms with E-state index in [1.807, 2.05) is 12.1 Å². The van der Waals surface area contributed by atoms with E-state index in [4.69, 9.17) is 0 Å². The summed E-state index contributed by atoms with van der Waals surface area (Å²) in [5.41, 5.74) is 1.44. The van der Waals surface area contributed by atoms with Gasteiger partial charge in [0.05, 0.1) is 18.1 Å². The van der Waals surface area contributed by atoms with Gasteiger partial charge in [0.25, 0.3) is 0 Å². The second-order valence-electron chi connectivity index (χ2n) is 4.88. The lowest BCUT2D eigenvalue weighted by Crippen LogP contribution is -2.51. The van der Waals surface area contributed by atoms with Crippen molar-refractivity contribution in [2.45, 2.75) is 18.5 Å². The minimum atomic E-state index is -1.26. The molecule has 3 rings (SSSR count). The van der Waals surface area contributed by atoms with E-state index in [2.05, 4.69) is 5.32 Å². The normalized spacial score (nSPS) is 28.2. The van der Waals surface area contributed by atoms with Crippen molar-refractivity contribution < 1.29 is 19.8 Å². The summed E-state index contributed by atoms with van der Waals surface area (Å²) in [4.78, 5) is 23.6. The SMILES string of the molecule is O=C([O-])C1Nc2ccccc2C2C1CCN2C(=O)[O-]. The van der Waals surface area contributed by atoms with Crippen molar-refractivity contribution >= 4 is 17.7 Å². The first-order chi connectivity index (χ1) is 9.09. The van der Waals surface area contributed by atoms with Crippen LogP contribution in [0.25, 0.3) is 0 Å². The van der Waals surface area contributed by atoms with Crippen LogP contribution >= 0.6 is 0 Å². The molecule has 2 aliphatic rings. The lowest BCUT2D eigenvalue weighted by atomic mass is 9.83. The largest absolute Gasteiger partial charge is 0.548 e. The van der Waals surface area contributed by atoms with Gasteiger partial charge < -0.3 is 30.0 Å². The van der Waals surface area contributed by atoms with Crippen LogP contribution in [0.4, 0.5) is 10.5 Å². The van der Waals surface area contributed by atoms with E-state index >= 15 is 0 Å². The van der Waals surface area contributed by atoms with E-state index < -0.39 is 24.1 Å². The van der Waals surface area contributed by atoms with Crippen LogP contribution in [0.15, 0.2) is 24.3 Å². The Hall–Kier alpha value is -2.24. The van der Waals surface area contributed by atoms with Gasteiger partial charge in [0.1, 0.15) is 6.09 Å². The van der Waals surface area contributed by atoms with Gasteiger partial charge in [0.2, 0.25) is 0 Å². The summed E-state index contributed by atoms with van der Waals surface area (Å²) in [5, 5.41) is 25.3. The van der Waals surface area contributed by atoms with E-state index in [1.165, 1.54) is 4.90 Å². The number of carboxylic acid groups (broad SMARTS) is 2. The van der Waals surface area contributed by atoms with Gasteiger partial charge in [0.15, 0.2) is 0 Å². The van der Waals surface area contributed by atoms with Crippen molar-refractivity contribution in [3.05, 3.63) is 29.8 Å². The minimum absolute atomic E-state index is 0.289. The van der Waals surface area contributed by atoms with Gasteiger partial charge in [-0.1, -0.05) is 18.2 Å². The molecule has 0 aromatic heterocycles. The number of rotatable bonds is 1. The molecule has 100 valence electrons. The highest BCUT2D eigenvalue weighted by Crippen LogP contribution is 2.45. The number of anilines is 1. The van der Waals surface area contributed by atoms with Gasteiger partial charge in [-0.3, -0.25) is 0 Å². The number of carbonyl (C=O) groups is 2. The molecule has 19 heavy (non-hydrogen) atoms. The van der Waals surface area contributed by atoms with Gasteiger partial charge in [-0.25, -0.2) is 0 Å². The lowest BCUT2D eigenvalue weighted by Gasteiger charge is -2.40. The number of nitrogens with zero attached hydrogens (tertiary/aromatic N) is 1. The molecule has 3 atom stereocenters. The fraction of sp³-hybridized carbons (Fsp3) is 0.385. The maximum atomic E-state index is 11.2. The number of nitrogens with one attached hydrogen (secondary N) is 1. The van der Waals surface area contributed by atoms with Crippen LogP contribution in [0, 0.1) is 5.92 Å². The number of hydrogen-bond acceptors (Lipinski definition) is 5. The molecule has 1 aromatic rings. The quantitative estimate of drug-likeness (QED) is 0.694. The van der Waals surface area contributed by atoms with Crippen LogP contribution in [0.2, 0.25) is 0 Å². The fourth-order valence-corrected chi connectivity index (χ4v) is 3.16. The maximum Gasteiger partial charge on any atom is 0.137 e. The summed E-state index contributed by atoms with van der Waals surface area (Å²) >= 11 is 0. The molecule has 1 saturated heterocycles. The van der Waals surface area contributed by atoms with Crippen molar-refractivity contribution in [3.63, 3.8) is 0 Å². The Bertz CT molecular complexity index is 545. The number of aliphatic carboxylic acids is 1. The second-order valence-corrected chi connectivity index (χ2v) is 4.88. The molecule has 6 nitrogen and oxygen atoms in total. The van der Waals surface area contributed by atoms with Gasteiger partial charge >= 0.3 is 0 Å². The summed E-state index contributed by atoms with van der Waals surface area (Å²) in [6, 6.07) is 5.80. The molecular formula is C13H12N2O4-2. The second kappa shape index (κ2) is 4.15. The lowest BCUT2D eigenvalue weighted by molar-refractivity contribution is -0.308. The Morgan fingerprint density at radius 2 is 2.00 bits per heavy atom. The Labute approximate surface area is 109 Å². The van der Waals surface area contributed by atoms with Crippen LogP contribution in [-0.2, 0) is 4.79 Å². The zero-order chi connectivity index (χ0) is 13.6. The standard InChI is InChI=1S/C13H14N2O4/c16-12(17)10-8-5-6-15(13(18)19)11(8)7-3-1-2-4-9(7)14-10/h1-4,8,10-11,14H,5-6H2,(H,16,17)(H,18,19)/p-2. The van der Waals surface area contributed by atoms with Crippen LogP contribution in [0.3, 0.4) is 0 Å². The summed E-state index contributed by atoms with van der Waals surface area (Å²) in [7, 11) is 0. The maximum absolute atomic E-state index is 11.2. The Balaban J connectivity index is 2.08. The molecule has 2 aliphatic heterocycles. The molecule has 1 N–H and O–H groups in total. The average molecular weight is 260 g/mol. The van der Waals surface area contributed by atoms with E-state index in [0.29, 0.717) is 12.1 Å². The third kappa shape index (κ3) is 1.71. The number of fused-ring (bicyclic) bond motifs is 3. The van der Waals surface area contributed by atoms with Crippen LogP contribution in [0.5, 0.6) is 0 Å². The number of carboxylic acids is 1. The average Bonchev–Trinajstić information content (AvgIpc) is 2.82. The third-order valence-corrected chi connectivity index (χ3v) is 3.95. The number of carbonyl (C=O) groups excluding carboxylic acids is 2. The minimum Gasteiger partial charge on any atom is -0.548 e. The third-order valence-electron chi connectivity index (χ3n) is 3.95. The Kier molecular flexibility index (Phi) is 2.58. The van der Waals surface area contributed by atoms with Crippen molar-refractivity contribution in [3.8, 4) is 0 Å². The predicted molar refractivity (Wildman–Crippen MR) is 61.8 cm³/mol. The van der Waals surface area contributed by atoms with E-state index in [9.17, 15) is 19.8 Å². The fourth-order valence-electron chi connectivity index (χ4n) is 3.16. The molecule has 2 heterocycles. The molecule has 0 bridgehead atoms. The van der Waals surface area contributed by atoms with Crippen LogP contribution in [0.1, 0.15) is 18.0 Å². The Morgan fingerprint density at radius 1 is 1.26 bits per heavy atom. The molecule has 6 heteroatoms. The molecule has 3 unspecified atom stereocenters. The molecule has 0 saturated carbocycles. The first kappa shape index (κ1) is 11.8. The topological polar surface area (TPSA) is 95.5 Å². The van der Waals surface area contributed by atoms with Crippen molar-refractivity contribution in [1.82, 2.24) is 4.90 Å². The van der Waals surface area contributed by atoms with E-state index in [-0.39, 0.29) is 12.5 Å². The smallest absolute Gasteiger partial charge is 0.137 e. The summed E-state index contributed by atoms with van der Waals surface area (Å²) in [5.74, 6) is -1.53. The van der Waals surface area contributed by atoms with Gasteiger partial charge in [-0.05, 0) is 18.1 Å². The molecule has 0 spiro atoms. The molecule has 0 radical (unpaired) electrons. The number of benzene rings is 1. The molecular weight excluding hydrogens is 248 g/mol. The zero-order valence-corrected chi connectivity index (χ0v) is 10.0. The molecule has 1 aromatic carbocycles.